The van der Waals surface area contributed by atoms with Crippen LogP contribution in [0.5, 0.6) is 17.2 Å². The molecule has 1 heterocycles. The Morgan fingerprint density at radius 3 is 2.63 bits per heavy atom. The lowest BCUT2D eigenvalue weighted by atomic mass is 10.00. The molecule has 0 aliphatic carbocycles. The fourth-order valence-electron chi connectivity index (χ4n) is 2.89. The molecule has 2 aromatic carbocycles. The van der Waals surface area contributed by atoms with E-state index in [2.05, 4.69) is 6.58 Å². The zero-order valence-electron chi connectivity index (χ0n) is 14.9. The summed E-state index contributed by atoms with van der Waals surface area (Å²) in [4.78, 5) is 24.2. The van der Waals surface area contributed by atoms with Crippen LogP contribution >= 0.6 is 0 Å². The molecule has 27 heavy (non-hydrogen) atoms. The minimum absolute atomic E-state index is 0.0303. The van der Waals surface area contributed by atoms with Crippen LogP contribution in [0.4, 0.5) is 0 Å². The number of Topliss-reactive ketones (excluding diaryl/α,β-unsaturated/α-hetero) is 1. The number of carboxylic acid groups (broad SMARTS) is 1. The van der Waals surface area contributed by atoms with Gasteiger partial charge in [-0.25, -0.2) is 4.79 Å². The van der Waals surface area contributed by atoms with Crippen LogP contribution in [-0.4, -0.2) is 31.1 Å². The van der Waals surface area contributed by atoms with Crippen LogP contribution in [0, 0.1) is 0 Å². The monoisotopic (exact) mass is 366 g/mol. The summed E-state index contributed by atoms with van der Waals surface area (Å²) in [6.45, 7) is 3.67. The Balaban J connectivity index is 2.09. The number of aromatic carboxylic acids is 1. The molecule has 1 aliphatic rings. The van der Waals surface area contributed by atoms with E-state index in [1.54, 1.807) is 37.5 Å². The van der Waals surface area contributed by atoms with E-state index in [0.29, 0.717) is 34.8 Å². The highest BCUT2D eigenvalue weighted by Crippen LogP contribution is 2.38. The third kappa shape index (κ3) is 3.42. The summed E-state index contributed by atoms with van der Waals surface area (Å²) in [6.07, 6.45) is 3.57. The van der Waals surface area contributed by atoms with E-state index in [-0.39, 0.29) is 22.7 Å². The van der Waals surface area contributed by atoms with Gasteiger partial charge in [-0.1, -0.05) is 6.08 Å². The van der Waals surface area contributed by atoms with Crippen molar-refractivity contribution in [3.63, 3.8) is 0 Å². The van der Waals surface area contributed by atoms with Gasteiger partial charge in [0, 0.05) is 11.1 Å². The van der Waals surface area contributed by atoms with E-state index in [0.717, 1.165) is 0 Å². The number of ketones is 1. The van der Waals surface area contributed by atoms with Crippen molar-refractivity contribution in [3.05, 3.63) is 71.0 Å². The van der Waals surface area contributed by atoms with Gasteiger partial charge in [-0.2, -0.15) is 0 Å². The average Bonchev–Trinajstić information content (AvgIpc) is 2.98. The van der Waals surface area contributed by atoms with Gasteiger partial charge in [0.25, 0.3) is 0 Å². The van der Waals surface area contributed by atoms with Crippen LogP contribution in [0.1, 0.15) is 31.8 Å². The summed E-state index contributed by atoms with van der Waals surface area (Å²) in [5.41, 5.74) is 1.45. The largest absolute Gasteiger partial charge is 0.497 e. The second-order valence-corrected chi connectivity index (χ2v) is 5.86. The molecule has 0 radical (unpaired) electrons. The molecule has 0 spiro atoms. The summed E-state index contributed by atoms with van der Waals surface area (Å²) < 4.78 is 16.3. The molecule has 2 aromatic rings. The van der Waals surface area contributed by atoms with Gasteiger partial charge in [0.1, 0.15) is 17.2 Å². The Morgan fingerprint density at radius 1 is 1.22 bits per heavy atom. The van der Waals surface area contributed by atoms with Crippen LogP contribution in [0.15, 0.2) is 48.7 Å². The van der Waals surface area contributed by atoms with Crippen LogP contribution in [-0.2, 0) is 6.42 Å². The van der Waals surface area contributed by atoms with Crippen LogP contribution in [0.3, 0.4) is 0 Å². The molecule has 0 amide bonds. The topological polar surface area (TPSA) is 82.1 Å². The van der Waals surface area contributed by atoms with Crippen molar-refractivity contribution in [1.82, 2.24) is 0 Å². The van der Waals surface area contributed by atoms with Gasteiger partial charge >= 0.3 is 5.97 Å². The SMILES string of the molecule is C=CCc1cc(C(=O)O)cc2c1OC(=Cc1cc(OC)ccc1OC)C2=O. The van der Waals surface area contributed by atoms with E-state index < -0.39 is 5.97 Å². The lowest BCUT2D eigenvalue weighted by Gasteiger charge is -2.08. The summed E-state index contributed by atoms with van der Waals surface area (Å²) in [6, 6.07) is 8.01. The predicted octanol–water partition coefficient (Wildman–Crippen LogP) is 3.75. The number of hydrogen-bond donors (Lipinski definition) is 1. The number of benzene rings is 2. The lowest BCUT2D eigenvalue weighted by Crippen LogP contribution is -2.01. The van der Waals surface area contributed by atoms with Crippen molar-refractivity contribution >= 4 is 17.8 Å². The maximum atomic E-state index is 12.8. The molecule has 6 heteroatoms. The molecule has 0 unspecified atom stereocenters. The van der Waals surface area contributed by atoms with E-state index in [1.807, 2.05) is 0 Å². The first-order chi connectivity index (χ1) is 13.0. The number of hydrogen-bond acceptors (Lipinski definition) is 5. The van der Waals surface area contributed by atoms with Crippen molar-refractivity contribution in [2.24, 2.45) is 0 Å². The molecule has 1 aliphatic heterocycles. The quantitative estimate of drug-likeness (QED) is 0.619. The third-order valence-electron chi connectivity index (χ3n) is 4.18. The van der Waals surface area contributed by atoms with E-state index in [9.17, 15) is 14.7 Å². The Bertz CT molecular complexity index is 971. The van der Waals surface area contributed by atoms with Crippen LogP contribution < -0.4 is 14.2 Å². The number of rotatable bonds is 6. The fourth-order valence-corrected chi connectivity index (χ4v) is 2.89. The van der Waals surface area contributed by atoms with Gasteiger partial charge < -0.3 is 19.3 Å². The van der Waals surface area contributed by atoms with Gasteiger partial charge in [-0.15, -0.1) is 6.58 Å². The highest BCUT2D eigenvalue weighted by Gasteiger charge is 2.31. The summed E-state index contributed by atoms with van der Waals surface area (Å²) in [7, 11) is 3.07. The minimum Gasteiger partial charge on any atom is -0.497 e. The molecule has 0 saturated carbocycles. The second-order valence-electron chi connectivity index (χ2n) is 5.86. The summed E-state index contributed by atoms with van der Waals surface area (Å²) in [5.74, 6) is 0.104. The Morgan fingerprint density at radius 2 is 2.00 bits per heavy atom. The first-order valence-electron chi connectivity index (χ1n) is 8.15. The normalized spacial score (nSPS) is 13.9. The number of carboxylic acids is 1. The van der Waals surface area contributed by atoms with Gasteiger partial charge in [-0.3, -0.25) is 4.79 Å². The predicted molar refractivity (Wildman–Crippen MR) is 99.8 cm³/mol. The zero-order valence-corrected chi connectivity index (χ0v) is 14.9. The second kappa shape index (κ2) is 7.37. The number of carbonyl (C=O) groups is 2. The van der Waals surface area contributed by atoms with Gasteiger partial charge in [-0.05, 0) is 42.8 Å². The molecule has 138 valence electrons. The Kier molecular flexibility index (Phi) is 4.98. The van der Waals surface area contributed by atoms with Gasteiger partial charge in [0.15, 0.2) is 5.76 Å². The third-order valence-corrected chi connectivity index (χ3v) is 4.18. The number of fused-ring (bicyclic) bond motifs is 1. The Hall–Kier alpha value is -3.54. The van der Waals surface area contributed by atoms with Crippen LogP contribution in [0.2, 0.25) is 0 Å². The first-order valence-corrected chi connectivity index (χ1v) is 8.15. The molecule has 0 fully saturated rings. The first kappa shape index (κ1) is 18.3. The van der Waals surface area contributed by atoms with Crippen molar-refractivity contribution in [1.29, 1.82) is 0 Å². The van der Waals surface area contributed by atoms with Crippen molar-refractivity contribution in [2.45, 2.75) is 6.42 Å². The Labute approximate surface area is 156 Å². The molecule has 0 aromatic heterocycles. The molecular formula is C21H18O6. The molecule has 3 rings (SSSR count). The van der Waals surface area contributed by atoms with Crippen molar-refractivity contribution < 1.29 is 28.9 Å². The summed E-state index contributed by atoms with van der Waals surface area (Å²) in [5, 5.41) is 9.30. The molecule has 6 nitrogen and oxygen atoms in total. The minimum atomic E-state index is -1.11. The molecule has 1 N–H and O–H groups in total. The number of carbonyl (C=O) groups excluding carboxylic acids is 1. The number of allylic oxidation sites excluding steroid dienone is 2. The smallest absolute Gasteiger partial charge is 0.335 e. The van der Waals surface area contributed by atoms with Crippen LogP contribution in [0.25, 0.3) is 6.08 Å². The fraction of sp³-hybridized carbons (Fsp3) is 0.143. The standard InChI is InChI=1S/C21H18O6/c1-4-5-12-8-14(21(23)24)10-16-19(22)18(27-20(12)16)11-13-9-15(25-2)6-7-17(13)26-3/h4,6-11H,1,5H2,2-3H3,(H,23,24). The van der Waals surface area contributed by atoms with E-state index >= 15 is 0 Å². The van der Waals surface area contributed by atoms with Gasteiger partial charge in [0.05, 0.1) is 25.3 Å². The molecule has 0 atom stereocenters. The highest BCUT2D eigenvalue weighted by atomic mass is 16.5. The number of methoxy groups -OCH3 is 2. The molecule has 0 bridgehead atoms. The van der Waals surface area contributed by atoms with Crippen molar-refractivity contribution in [2.75, 3.05) is 14.2 Å². The molecular weight excluding hydrogens is 348 g/mol. The molecule has 0 saturated heterocycles. The number of ether oxygens (including phenoxy) is 3. The van der Waals surface area contributed by atoms with E-state index in [4.69, 9.17) is 14.2 Å². The van der Waals surface area contributed by atoms with E-state index in [1.165, 1.54) is 19.2 Å². The van der Waals surface area contributed by atoms with Crippen molar-refractivity contribution in [3.8, 4) is 17.2 Å². The maximum absolute atomic E-state index is 12.8. The highest BCUT2D eigenvalue weighted by molar-refractivity contribution is 6.15. The van der Waals surface area contributed by atoms with Gasteiger partial charge in [0.2, 0.25) is 5.78 Å². The zero-order chi connectivity index (χ0) is 19.6. The lowest BCUT2D eigenvalue weighted by molar-refractivity contribution is 0.0696. The summed E-state index contributed by atoms with van der Waals surface area (Å²) >= 11 is 0. The maximum Gasteiger partial charge on any atom is 0.335 e. The average molecular weight is 366 g/mol.